The lowest BCUT2D eigenvalue weighted by Gasteiger charge is -2.22. The number of alkyl halides is 2. The Bertz CT molecular complexity index is 1520. The van der Waals surface area contributed by atoms with E-state index >= 15 is 0 Å². The van der Waals surface area contributed by atoms with E-state index in [-0.39, 0.29) is 17.3 Å². The summed E-state index contributed by atoms with van der Waals surface area (Å²) in [4.78, 5) is 26.3. The number of aliphatic hydroxyl groups is 1. The predicted molar refractivity (Wildman–Crippen MR) is 130 cm³/mol. The highest BCUT2D eigenvalue weighted by Crippen LogP contribution is 2.36. The van der Waals surface area contributed by atoms with Crippen molar-refractivity contribution in [1.82, 2.24) is 29.6 Å². The van der Waals surface area contributed by atoms with Gasteiger partial charge in [-0.2, -0.15) is 4.98 Å². The standard InChI is InChI=1S/C25H25F2N7O2/c1-25(36,23(26)27)20-11-18(7-9-29-20)33-21-19(22(35)34(33)17-4-5-17)13-30-24(32-21)31-16-3-2-14-6-8-28-12-15(14)10-16/h2-3,7,9-11,13,17,23,28,36H,4-6,8,12H2,1H3,(H,30,31,32). The molecule has 1 aromatic carbocycles. The largest absolute Gasteiger partial charge is 0.378 e. The van der Waals surface area contributed by atoms with Crippen molar-refractivity contribution < 1.29 is 13.9 Å². The number of nitrogens with zero attached hydrogens (tertiary/aromatic N) is 5. The smallest absolute Gasteiger partial charge is 0.278 e. The molecule has 3 N–H and O–H groups in total. The van der Waals surface area contributed by atoms with Gasteiger partial charge in [-0.25, -0.2) is 23.1 Å². The van der Waals surface area contributed by atoms with Crippen molar-refractivity contribution >= 4 is 22.7 Å². The lowest BCUT2D eigenvalue weighted by molar-refractivity contribution is -0.0910. The summed E-state index contributed by atoms with van der Waals surface area (Å²) in [6, 6.07) is 9.07. The van der Waals surface area contributed by atoms with Crippen LogP contribution >= 0.6 is 0 Å². The van der Waals surface area contributed by atoms with Crippen LogP contribution in [0.1, 0.15) is 42.6 Å². The van der Waals surface area contributed by atoms with E-state index in [2.05, 4.69) is 37.7 Å². The van der Waals surface area contributed by atoms with Crippen molar-refractivity contribution in [3.63, 3.8) is 0 Å². The van der Waals surface area contributed by atoms with Gasteiger partial charge in [0.25, 0.3) is 12.0 Å². The summed E-state index contributed by atoms with van der Waals surface area (Å²) in [6.45, 7) is 2.77. The first-order valence-electron chi connectivity index (χ1n) is 11.9. The van der Waals surface area contributed by atoms with E-state index < -0.39 is 12.0 Å². The number of fused-ring (bicyclic) bond motifs is 2. The van der Waals surface area contributed by atoms with E-state index in [1.807, 2.05) is 6.07 Å². The van der Waals surface area contributed by atoms with E-state index in [0.717, 1.165) is 45.0 Å². The van der Waals surface area contributed by atoms with Crippen LogP contribution in [0.15, 0.2) is 47.5 Å². The molecule has 3 aromatic heterocycles. The lowest BCUT2D eigenvalue weighted by Crippen LogP contribution is -2.31. The number of anilines is 2. The topological polar surface area (TPSA) is 110 Å². The third-order valence-corrected chi connectivity index (χ3v) is 6.80. The van der Waals surface area contributed by atoms with Crippen LogP contribution in [0.3, 0.4) is 0 Å². The SMILES string of the molecule is CC(O)(c1cc(-n2c3nc(Nc4ccc5c(c4)CNCC5)ncc3c(=O)n2C2CC2)ccn1)C(F)F. The van der Waals surface area contributed by atoms with Gasteiger partial charge in [0.05, 0.1) is 17.4 Å². The minimum Gasteiger partial charge on any atom is -0.378 e. The van der Waals surface area contributed by atoms with Crippen molar-refractivity contribution in [2.75, 3.05) is 11.9 Å². The number of nitrogens with one attached hydrogen (secondary N) is 2. The molecule has 11 heteroatoms. The van der Waals surface area contributed by atoms with Crippen LogP contribution < -0.4 is 16.2 Å². The van der Waals surface area contributed by atoms with E-state index in [4.69, 9.17) is 0 Å². The third kappa shape index (κ3) is 3.84. The third-order valence-electron chi connectivity index (χ3n) is 6.80. The molecule has 1 aliphatic carbocycles. The minimum absolute atomic E-state index is 0.0246. The van der Waals surface area contributed by atoms with Crippen LogP contribution in [0.2, 0.25) is 0 Å². The summed E-state index contributed by atoms with van der Waals surface area (Å²) in [5, 5.41) is 17.2. The number of halogens is 2. The van der Waals surface area contributed by atoms with Gasteiger partial charge in [-0.3, -0.25) is 9.78 Å². The quantitative estimate of drug-likeness (QED) is 0.379. The maximum Gasteiger partial charge on any atom is 0.278 e. The zero-order chi connectivity index (χ0) is 25.0. The van der Waals surface area contributed by atoms with Crippen LogP contribution in [-0.4, -0.2) is 42.4 Å². The molecule has 0 bridgehead atoms. The van der Waals surface area contributed by atoms with E-state index in [9.17, 15) is 18.7 Å². The van der Waals surface area contributed by atoms with Gasteiger partial charge in [0.15, 0.2) is 11.2 Å². The van der Waals surface area contributed by atoms with Gasteiger partial charge < -0.3 is 15.7 Å². The Balaban J connectivity index is 1.46. The van der Waals surface area contributed by atoms with Crippen molar-refractivity contribution in [3.8, 4) is 5.69 Å². The van der Waals surface area contributed by atoms with Gasteiger partial charge in [-0.1, -0.05) is 6.07 Å². The van der Waals surface area contributed by atoms with Gasteiger partial charge >= 0.3 is 0 Å². The molecule has 4 heterocycles. The molecule has 1 atom stereocenters. The Morgan fingerprint density at radius 2 is 2.03 bits per heavy atom. The predicted octanol–water partition coefficient (Wildman–Crippen LogP) is 3.17. The van der Waals surface area contributed by atoms with Gasteiger partial charge in [0.1, 0.15) is 5.39 Å². The molecule has 0 saturated heterocycles. The molecule has 1 unspecified atom stereocenters. The Morgan fingerprint density at radius 3 is 2.81 bits per heavy atom. The molecule has 2 aliphatic rings. The fraction of sp³-hybridized carbons (Fsp3) is 0.360. The summed E-state index contributed by atoms with van der Waals surface area (Å²) >= 11 is 0. The summed E-state index contributed by atoms with van der Waals surface area (Å²) in [5.41, 5.74) is 1.21. The van der Waals surface area contributed by atoms with Crippen LogP contribution in [0, 0.1) is 0 Å². The average molecular weight is 494 g/mol. The van der Waals surface area contributed by atoms with Gasteiger partial charge in [0.2, 0.25) is 5.95 Å². The average Bonchev–Trinajstić information content (AvgIpc) is 3.67. The maximum atomic E-state index is 13.5. The van der Waals surface area contributed by atoms with Crippen molar-refractivity contribution in [1.29, 1.82) is 0 Å². The van der Waals surface area contributed by atoms with Gasteiger partial charge in [-0.05, 0) is 68.1 Å². The molecule has 0 spiro atoms. The monoisotopic (exact) mass is 493 g/mol. The molecule has 1 fully saturated rings. The molecule has 36 heavy (non-hydrogen) atoms. The van der Waals surface area contributed by atoms with Crippen LogP contribution in [0.4, 0.5) is 20.4 Å². The Hall–Kier alpha value is -3.70. The van der Waals surface area contributed by atoms with Crippen LogP contribution in [0.5, 0.6) is 0 Å². The molecule has 6 rings (SSSR count). The van der Waals surface area contributed by atoms with E-state index in [1.165, 1.54) is 29.6 Å². The summed E-state index contributed by atoms with van der Waals surface area (Å²) in [5.74, 6) is 0.307. The van der Waals surface area contributed by atoms with E-state index in [0.29, 0.717) is 22.7 Å². The molecule has 0 radical (unpaired) electrons. The summed E-state index contributed by atoms with van der Waals surface area (Å²) < 4.78 is 30.2. The van der Waals surface area contributed by atoms with Crippen molar-refractivity contribution in [2.24, 2.45) is 0 Å². The fourth-order valence-corrected chi connectivity index (χ4v) is 4.58. The normalized spacial score (nSPS) is 17.2. The first-order chi connectivity index (χ1) is 17.3. The second-order valence-electron chi connectivity index (χ2n) is 9.51. The van der Waals surface area contributed by atoms with Crippen molar-refractivity contribution in [2.45, 2.75) is 50.8 Å². The molecule has 1 aliphatic heterocycles. The number of aromatic nitrogens is 5. The summed E-state index contributed by atoms with van der Waals surface area (Å²) in [6.07, 6.45) is 2.42. The highest BCUT2D eigenvalue weighted by Gasteiger charge is 2.37. The second-order valence-corrected chi connectivity index (χ2v) is 9.51. The molecular weight excluding hydrogens is 468 g/mol. The zero-order valence-electron chi connectivity index (χ0n) is 19.6. The number of hydrogen-bond acceptors (Lipinski definition) is 7. The Kier molecular flexibility index (Phi) is 5.34. The second kappa shape index (κ2) is 8.45. The lowest BCUT2D eigenvalue weighted by atomic mass is 10.0. The van der Waals surface area contributed by atoms with Gasteiger partial charge in [0, 0.05) is 24.6 Å². The molecule has 0 amide bonds. The molecule has 9 nitrogen and oxygen atoms in total. The van der Waals surface area contributed by atoms with Crippen LogP contribution in [0.25, 0.3) is 16.7 Å². The summed E-state index contributed by atoms with van der Waals surface area (Å²) in [7, 11) is 0. The molecule has 186 valence electrons. The number of benzene rings is 1. The van der Waals surface area contributed by atoms with Crippen LogP contribution in [-0.2, 0) is 18.6 Å². The number of rotatable bonds is 6. The van der Waals surface area contributed by atoms with Crippen molar-refractivity contribution in [3.05, 3.63) is 69.9 Å². The molecule has 1 saturated carbocycles. The highest BCUT2D eigenvalue weighted by atomic mass is 19.3. The first-order valence-corrected chi connectivity index (χ1v) is 11.9. The fourth-order valence-electron chi connectivity index (χ4n) is 4.58. The highest BCUT2D eigenvalue weighted by molar-refractivity contribution is 5.77. The maximum absolute atomic E-state index is 13.5. The molecular formula is C25H25F2N7O2. The Labute approximate surface area is 204 Å². The van der Waals surface area contributed by atoms with Gasteiger partial charge in [-0.15, -0.1) is 0 Å². The Morgan fingerprint density at radius 1 is 1.19 bits per heavy atom. The first kappa shape index (κ1) is 22.7. The molecule has 4 aromatic rings. The minimum atomic E-state index is -3.03. The zero-order valence-corrected chi connectivity index (χ0v) is 19.6. The van der Waals surface area contributed by atoms with E-state index in [1.54, 1.807) is 15.4 Å². The number of hydrogen-bond donors (Lipinski definition) is 3. The number of pyridine rings is 1.